The first-order chi connectivity index (χ1) is 8.03. The number of hydrogen-bond donors (Lipinski definition) is 1. The van der Waals surface area contributed by atoms with E-state index in [2.05, 4.69) is 32.1 Å². The van der Waals surface area contributed by atoms with Gasteiger partial charge in [-0.15, -0.1) is 0 Å². The van der Waals surface area contributed by atoms with Gasteiger partial charge in [-0.1, -0.05) is 20.8 Å². The van der Waals surface area contributed by atoms with Gasteiger partial charge in [0.1, 0.15) is 0 Å². The molecule has 3 heteroatoms. The summed E-state index contributed by atoms with van der Waals surface area (Å²) in [6, 6.07) is 0. The smallest absolute Gasteiger partial charge is 0.0540 e. The van der Waals surface area contributed by atoms with Gasteiger partial charge in [0.2, 0.25) is 0 Å². The van der Waals surface area contributed by atoms with Crippen LogP contribution in [0.25, 0.3) is 0 Å². The molecule has 1 heterocycles. The number of rotatable bonds is 3. The molecule has 1 aromatic heterocycles. The average Bonchev–Trinajstić information content (AvgIpc) is 2.65. The molecule has 0 bridgehead atoms. The van der Waals surface area contributed by atoms with Crippen LogP contribution in [-0.4, -0.2) is 9.78 Å². The second kappa shape index (κ2) is 4.81. The van der Waals surface area contributed by atoms with Crippen LogP contribution in [0.3, 0.4) is 0 Å². The molecule has 3 nitrogen and oxygen atoms in total. The van der Waals surface area contributed by atoms with Gasteiger partial charge in [-0.2, -0.15) is 5.10 Å². The van der Waals surface area contributed by atoms with Gasteiger partial charge in [-0.25, -0.2) is 0 Å². The largest absolute Gasteiger partial charge is 0.321 e. The fourth-order valence-corrected chi connectivity index (χ4v) is 3.39. The van der Waals surface area contributed by atoms with Crippen molar-refractivity contribution in [1.82, 2.24) is 9.78 Å². The van der Waals surface area contributed by atoms with Gasteiger partial charge in [-0.05, 0) is 37.5 Å². The van der Waals surface area contributed by atoms with Gasteiger partial charge in [0.15, 0.2) is 0 Å². The SMILES string of the molecule is CCCn1cc(C2(N)CC(C)CC(C)C2)cn1. The number of aromatic nitrogens is 2. The van der Waals surface area contributed by atoms with Crippen molar-refractivity contribution in [2.24, 2.45) is 17.6 Å². The van der Waals surface area contributed by atoms with E-state index in [9.17, 15) is 0 Å². The van der Waals surface area contributed by atoms with Gasteiger partial charge in [0.25, 0.3) is 0 Å². The molecular formula is C14H25N3. The third-order valence-corrected chi connectivity index (χ3v) is 3.89. The van der Waals surface area contributed by atoms with Crippen molar-refractivity contribution < 1.29 is 0 Å². The first kappa shape index (κ1) is 12.6. The molecule has 17 heavy (non-hydrogen) atoms. The molecule has 1 aliphatic carbocycles. The molecule has 96 valence electrons. The molecule has 2 rings (SSSR count). The lowest BCUT2D eigenvalue weighted by Gasteiger charge is -2.39. The maximum Gasteiger partial charge on any atom is 0.0540 e. The van der Waals surface area contributed by atoms with E-state index in [1.54, 1.807) is 0 Å². The fraction of sp³-hybridized carbons (Fsp3) is 0.786. The number of nitrogens with two attached hydrogens (primary N) is 1. The first-order valence-corrected chi connectivity index (χ1v) is 6.85. The Morgan fingerprint density at radius 1 is 1.41 bits per heavy atom. The Bertz CT molecular complexity index is 359. The van der Waals surface area contributed by atoms with Crippen LogP contribution >= 0.6 is 0 Å². The van der Waals surface area contributed by atoms with E-state index in [0.29, 0.717) is 0 Å². The monoisotopic (exact) mass is 235 g/mol. The number of hydrogen-bond acceptors (Lipinski definition) is 2. The lowest BCUT2D eigenvalue weighted by Crippen LogP contribution is -2.43. The van der Waals surface area contributed by atoms with Gasteiger partial charge < -0.3 is 5.73 Å². The zero-order valence-electron chi connectivity index (χ0n) is 11.3. The van der Waals surface area contributed by atoms with E-state index in [4.69, 9.17) is 5.73 Å². The van der Waals surface area contributed by atoms with Gasteiger partial charge >= 0.3 is 0 Å². The molecule has 2 atom stereocenters. The zero-order chi connectivity index (χ0) is 12.5. The fourth-order valence-electron chi connectivity index (χ4n) is 3.39. The van der Waals surface area contributed by atoms with Crippen molar-refractivity contribution in [2.45, 2.75) is 58.5 Å². The Balaban J connectivity index is 2.18. The number of aryl methyl sites for hydroxylation is 1. The van der Waals surface area contributed by atoms with E-state index in [1.165, 1.54) is 12.0 Å². The molecule has 2 unspecified atom stereocenters. The topological polar surface area (TPSA) is 43.8 Å². The van der Waals surface area contributed by atoms with E-state index in [1.807, 2.05) is 10.9 Å². The van der Waals surface area contributed by atoms with Gasteiger partial charge in [0.05, 0.1) is 6.20 Å². The molecule has 0 aromatic carbocycles. The number of nitrogens with zero attached hydrogens (tertiary/aromatic N) is 2. The van der Waals surface area contributed by atoms with E-state index >= 15 is 0 Å². The highest BCUT2D eigenvalue weighted by molar-refractivity contribution is 5.19. The summed E-state index contributed by atoms with van der Waals surface area (Å²) in [4.78, 5) is 0. The molecule has 2 N–H and O–H groups in total. The van der Waals surface area contributed by atoms with Crippen LogP contribution in [0.2, 0.25) is 0 Å². The maximum absolute atomic E-state index is 6.62. The van der Waals surface area contributed by atoms with E-state index in [-0.39, 0.29) is 5.54 Å². The summed E-state index contributed by atoms with van der Waals surface area (Å²) in [6.45, 7) is 7.78. The highest BCUT2D eigenvalue weighted by atomic mass is 15.3. The lowest BCUT2D eigenvalue weighted by molar-refractivity contribution is 0.183. The quantitative estimate of drug-likeness (QED) is 0.875. The summed E-state index contributed by atoms with van der Waals surface area (Å²) >= 11 is 0. The highest BCUT2D eigenvalue weighted by Gasteiger charge is 2.36. The van der Waals surface area contributed by atoms with Crippen molar-refractivity contribution >= 4 is 0 Å². The van der Waals surface area contributed by atoms with Crippen LogP contribution in [0.1, 0.15) is 52.0 Å². The Morgan fingerprint density at radius 3 is 2.65 bits per heavy atom. The van der Waals surface area contributed by atoms with Crippen molar-refractivity contribution in [3.05, 3.63) is 18.0 Å². The molecule has 0 amide bonds. The van der Waals surface area contributed by atoms with Crippen molar-refractivity contribution in [3.8, 4) is 0 Å². The third-order valence-electron chi connectivity index (χ3n) is 3.89. The summed E-state index contributed by atoms with van der Waals surface area (Å²) in [5.41, 5.74) is 7.69. The molecule has 1 saturated carbocycles. The van der Waals surface area contributed by atoms with Crippen LogP contribution in [-0.2, 0) is 12.1 Å². The molecular weight excluding hydrogens is 210 g/mol. The molecule has 1 aliphatic rings. The summed E-state index contributed by atoms with van der Waals surface area (Å²) in [7, 11) is 0. The highest BCUT2D eigenvalue weighted by Crippen LogP contribution is 2.40. The molecule has 0 spiro atoms. The summed E-state index contributed by atoms with van der Waals surface area (Å²) in [5, 5.41) is 4.41. The van der Waals surface area contributed by atoms with Crippen LogP contribution in [0.15, 0.2) is 12.4 Å². The normalized spacial score (nSPS) is 33.9. The zero-order valence-corrected chi connectivity index (χ0v) is 11.3. The van der Waals surface area contributed by atoms with Crippen LogP contribution in [0.5, 0.6) is 0 Å². The Hall–Kier alpha value is -0.830. The average molecular weight is 235 g/mol. The molecule has 1 aromatic rings. The molecule has 0 saturated heterocycles. The minimum absolute atomic E-state index is 0.150. The van der Waals surface area contributed by atoms with Gasteiger partial charge in [0, 0.05) is 23.8 Å². The minimum Gasteiger partial charge on any atom is -0.321 e. The minimum atomic E-state index is -0.150. The summed E-state index contributed by atoms with van der Waals surface area (Å²) in [6.07, 6.45) is 8.73. The molecule has 0 aliphatic heterocycles. The first-order valence-electron chi connectivity index (χ1n) is 6.85. The van der Waals surface area contributed by atoms with Crippen molar-refractivity contribution in [3.63, 3.8) is 0 Å². The van der Waals surface area contributed by atoms with Crippen molar-refractivity contribution in [1.29, 1.82) is 0 Å². The van der Waals surface area contributed by atoms with E-state index < -0.39 is 0 Å². The second-order valence-electron chi connectivity index (χ2n) is 6.00. The van der Waals surface area contributed by atoms with Crippen LogP contribution in [0.4, 0.5) is 0 Å². The Labute approximate surface area is 104 Å². The predicted molar refractivity (Wildman–Crippen MR) is 70.6 cm³/mol. The van der Waals surface area contributed by atoms with Crippen LogP contribution < -0.4 is 5.73 Å². The third kappa shape index (κ3) is 2.71. The van der Waals surface area contributed by atoms with Crippen molar-refractivity contribution in [2.75, 3.05) is 0 Å². The molecule has 0 radical (unpaired) electrons. The predicted octanol–water partition coefficient (Wildman–Crippen LogP) is 2.90. The summed E-state index contributed by atoms with van der Waals surface area (Å²) < 4.78 is 2.02. The van der Waals surface area contributed by atoms with Gasteiger partial charge in [-0.3, -0.25) is 4.68 Å². The lowest BCUT2D eigenvalue weighted by atomic mass is 9.70. The Kier molecular flexibility index (Phi) is 3.57. The summed E-state index contributed by atoms with van der Waals surface area (Å²) in [5.74, 6) is 1.44. The van der Waals surface area contributed by atoms with Crippen LogP contribution in [0, 0.1) is 11.8 Å². The maximum atomic E-state index is 6.62. The molecule has 1 fully saturated rings. The second-order valence-corrected chi connectivity index (χ2v) is 6.00. The Morgan fingerprint density at radius 2 is 2.06 bits per heavy atom. The standard InChI is InChI=1S/C14H25N3/c1-4-5-17-10-13(9-16-17)14(15)7-11(2)6-12(3)8-14/h9-12H,4-8,15H2,1-3H3. The van der Waals surface area contributed by atoms with E-state index in [0.717, 1.165) is 37.6 Å².